The van der Waals surface area contributed by atoms with Crippen LogP contribution in [0.25, 0.3) is 12.2 Å². The number of carboxylic acid groups (broad SMARTS) is 2. The molecule has 0 radical (unpaired) electrons. The molecule has 25 heavy (non-hydrogen) atoms. The Kier molecular flexibility index (Phi) is 22.0. The summed E-state index contributed by atoms with van der Waals surface area (Å²) in [5, 5.41) is 13.9. The Morgan fingerprint density at radius 3 is 1.28 bits per heavy atom. The third-order valence-corrected chi connectivity index (χ3v) is 2.48. The number of carbonyl (C=O) groups excluding carboxylic acids is 1. The van der Waals surface area contributed by atoms with Gasteiger partial charge >= 0.3 is 57.5 Å². The van der Waals surface area contributed by atoms with Gasteiger partial charge in [-0.05, 0) is 23.3 Å². The molecule has 0 spiro atoms. The van der Waals surface area contributed by atoms with Gasteiger partial charge in [0.15, 0.2) is 5.78 Å². The van der Waals surface area contributed by atoms with E-state index in [1.165, 1.54) is 0 Å². The minimum atomic E-state index is -1.83. The van der Waals surface area contributed by atoms with Gasteiger partial charge in [-0.25, -0.2) is 4.79 Å². The fraction of sp³-hybridized carbons (Fsp3) is 0. The monoisotopic (exact) mass is 548 g/mol. The van der Waals surface area contributed by atoms with Gasteiger partial charge in [0.2, 0.25) is 0 Å². The molecular weight excluding hydrogens is 532 g/mol. The van der Waals surface area contributed by atoms with Crippen molar-refractivity contribution in [3.8, 4) is 0 Å². The molecule has 0 atom stereocenters. The van der Waals surface area contributed by atoms with Gasteiger partial charge in [-0.1, -0.05) is 72.8 Å². The number of benzene rings is 2. The van der Waals surface area contributed by atoms with Crippen LogP contribution in [0, 0.1) is 0 Å². The fourth-order valence-corrected chi connectivity index (χ4v) is 1.54. The largest absolute Gasteiger partial charge is 1.00 e. The van der Waals surface area contributed by atoms with Crippen LogP contribution in [0.15, 0.2) is 72.8 Å². The summed E-state index contributed by atoms with van der Waals surface area (Å²) in [6.07, 6.45) is 4.96. The maximum atomic E-state index is 11.6. The molecule has 0 fully saturated rings. The maximum Gasteiger partial charge on any atom is 1.00 e. The number of hydrogen-bond donors (Lipinski definition) is 2. The van der Waals surface area contributed by atoms with Crippen molar-refractivity contribution in [3.05, 3.63) is 83.9 Å². The van der Waals surface area contributed by atoms with Crippen molar-refractivity contribution in [2.24, 2.45) is 0 Å². The predicted octanol–water partition coefficient (Wildman–Crippen LogP) is 1.32. The number of rotatable bonds is 4. The van der Waals surface area contributed by atoms with Crippen LogP contribution in [0.1, 0.15) is 12.6 Å². The molecule has 134 valence electrons. The molecule has 0 saturated heterocycles. The van der Waals surface area contributed by atoms with E-state index in [9.17, 15) is 4.79 Å². The molecule has 2 aromatic carbocycles. The normalized spacial score (nSPS) is 8.96. The average Bonchev–Trinajstić information content (AvgIpc) is 2.52. The van der Waals surface area contributed by atoms with Crippen LogP contribution in [0.4, 0.5) is 4.79 Å². The smallest absolute Gasteiger partial charge is 1.00 e. The zero-order valence-corrected chi connectivity index (χ0v) is 19.7. The Bertz CT molecular complexity index is 610. The summed E-state index contributed by atoms with van der Waals surface area (Å²) in [5.41, 5.74) is 2.05. The predicted molar refractivity (Wildman–Crippen MR) is 87.7 cm³/mol. The molecule has 2 rings (SSSR count). The third kappa shape index (κ3) is 17.0. The molecule has 0 aromatic heterocycles. The first-order chi connectivity index (χ1) is 10.6. The minimum absolute atomic E-state index is 0. The van der Waals surface area contributed by atoms with Crippen molar-refractivity contribution < 1.29 is 113 Å². The first-order valence-electron chi connectivity index (χ1n) is 6.50. The molecule has 0 amide bonds. The summed E-state index contributed by atoms with van der Waals surface area (Å²) in [4.78, 5) is 20.2. The molecule has 7 heteroatoms. The molecule has 0 aliphatic carbocycles. The van der Waals surface area contributed by atoms with Gasteiger partial charge in [-0.2, -0.15) is 0 Å². The Labute approximate surface area is 218 Å². The Morgan fingerprint density at radius 1 is 0.720 bits per heavy atom. The first-order valence-corrected chi connectivity index (χ1v) is 6.50. The zero-order valence-electron chi connectivity index (χ0n) is 14.4. The molecule has 4 nitrogen and oxygen atoms in total. The molecule has 0 bridgehead atoms. The molecule has 2 N–H and O–H groups in total. The maximum absolute atomic E-state index is 11.6. The second-order valence-corrected chi connectivity index (χ2v) is 4.17. The number of carbonyl (C=O) groups is 2. The van der Waals surface area contributed by atoms with Gasteiger partial charge in [0.05, 0.1) is 0 Å². The average molecular weight is 549 g/mol. The van der Waals surface area contributed by atoms with E-state index in [1.54, 1.807) is 12.2 Å². The van der Waals surface area contributed by atoms with Crippen LogP contribution < -0.4 is 51.4 Å². The first kappa shape index (κ1) is 29.6. The van der Waals surface area contributed by atoms with E-state index >= 15 is 0 Å². The van der Waals surface area contributed by atoms with Crippen molar-refractivity contribution in [2.75, 3.05) is 0 Å². The SMILES string of the molecule is O=C(C=Cc1ccccc1)C=Cc1ccccc1.O=C(O)O.[H-].[K+].[Pd].[Pd]. The van der Waals surface area contributed by atoms with Gasteiger partial charge in [0.1, 0.15) is 0 Å². The minimum Gasteiger partial charge on any atom is -1.00 e. The van der Waals surface area contributed by atoms with Crippen molar-refractivity contribution in [1.29, 1.82) is 0 Å². The second kappa shape index (κ2) is 18.6. The molecule has 0 saturated carbocycles. The van der Waals surface area contributed by atoms with Gasteiger partial charge in [-0.3, -0.25) is 4.79 Å². The Morgan fingerprint density at radius 2 is 1.00 bits per heavy atom. The molecule has 0 unspecified atom stereocenters. The summed E-state index contributed by atoms with van der Waals surface area (Å²) in [6, 6.07) is 19.6. The quantitative estimate of drug-likeness (QED) is 0.446. The molecular formula is C18H17KO4Pd2. The Hall–Kier alpha value is -0.179. The van der Waals surface area contributed by atoms with E-state index in [0.717, 1.165) is 11.1 Å². The molecule has 0 heterocycles. The van der Waals surface area contributed by atoms with Gasteiger partial charge in [-0.15, -0.1) is 0 Å². The van der Waals surface area contributed by atoms with E-state index in [2.05, 4.69) is 0 Å². The van der Waals surface area contributed by atoms with Crippen LogP contribution in [0.3, 0.4) is 0 Å². The molecule has 0 aliphatic heterocycles. The van der Waals surface area contributed by atoms with E-state index in [0.29, 0.717) is 0 Å². The standard InChI is InChI=1S/C17H14O.CH2O3.K.2Pd.H/c18-17(13-11-15-7-3-1-4-8-15)14-12-16-9-5-2-6-10-16;2-1(3)4;;;;/h1-14H;(H2,2,3,4);;;;/q;;+1;;;-1. The van der Waals surface area contributed by atoms with Crippen molar-refractivity contribution in [1.82, 2.24) is 0 Å². The zero-order chi connectivity index (χ0) is 16.2. The molecule has 0 aliphatic rings. The van der Waals surface area contributed by atoms with Crippen molar-refractivity contribution >= 4 is 24.1 Å². The van der Waals surface area contributed by atoms with E-state index < -0.39 is 6.16 Å². The van der Waals surface area contributed by atoms with Gasteiger partial charge in [0, 0.05) is 40.8 Å². The van der Waals surface area contributed by atoms with E-state index in [-0.39, 0.29) is 99.4 Å². The number of allylic oxidation sites excluding steroid dienone is 2. The summed E-state index contributed by atoms with van der Waals surface area (Å²) in [6.45, 7) is 0. The van der Waals surface area contributed by atoms with E-state index in [4.69, 9.17) is 15.0 Å². The summed E-state index contributed by atoms with van der Waals surface area (Å²) < 4.78 is 0. The summed E-state index contributed by atoms with van der Waals surface area (Å²) in [7, 11) is 0. The van der Waals surface area contributed by atoms with Gasteiger partial charge in [0.25, 0.3) is 0 Å². The summed E-state index contributed by atoms with van der Waals surface area (Å²) in [5.74, 6) is -0.0114. The number of hydrogen-bond acceptors (Lipinski definition) is 2. The third-order valence-electron chi connectivity index (χ3n) is 2.48. The van der Waals surface area contributed by atoms with Gasteiger partial charge < -0.3 is 11.6 Å². The van der Waals surface area contributed by atoms with Crippen molar-refractivity contribution in [2.45, 2.75) is 0 Å². The van der Waals surface area contributed by atoms with Crippen LogP contribution in [-0.2, 0) is 45.6 Å². The number of ketones is 1. The fourth-order valence-electron chi connectivity index (χ4n) is 1.54. The van der Waals surface area contributed by atoms with Crippen molar-refractivity contribution in [3.63, 3.8) is 0 Å². The van der Waals surface area contributed by atoms with E-state index in [1.807, 2.05) is 72.8 Å². The van der Waals surface area contributed by atoms with Crippen LogP contribution in [0.2, 0.25) is 0 Å². The second-order valence-electron chi connectivity index (χ2n) is 4.17. The van der Waals surface area contributed by atoms with Crippen LogP contribution >= 0.6 is 0 Å². The summed E-state index contributed by atoms with van der Waals surface area (Å²) >= 11 is 0. The topological polar surface area (TPSA) is 74.6 Å². The van der Waals surface area contributed by atoms with Crippen LogP contribution in [0.5, 0.6) is 0 Å². The van der Waals surface area contributed by atoms with Crippen LogP contribution in [-0.4, -0.2) is 22.2 Å². The Balaban J connectivity index is -0.000000276. The molecule has 2 aromatic rings.